The average molecular weight is 266 g/mol. The number of nitrogens with two attached hydrogens (primary N) is 1. The highest BCUT2D eigenvalue weighted by Crippen LogP contribution is 2.13. The number of hydrogen-bond acceptors (Lipinski definition) is 4. The zero-order valence-corrected chi connectivity index (χ0v) is 11.4. The zero-order chi connectivity index (χ0) is 14.3. The van der Waals surface area contributed by atoms with Crippen LogP contribution < -0.4 is 15.8 Å². The van der Waals surface area contributed by atoms with E-state index in [0.717, 1.165) is 0 Å². The molecule has 0 aliphatic heterocycles. The Morgan fingerprint density at radius 1 is 1.37 bits per heavy atom. The normalized spacial score (nSPS) is 12.2. The maximum absolute atomic E-state index is 11.5. The lowest BCUT2D eigenvalue weighted by molar-refractivity contribution is -0.122. The van der Waals surface area contributed by atoms with E-state index in [1.165, 1.54) is 0 Å². The van der Waals surface area contributed by atoms with E-state index in [2.05, 4.69) is 5.32 Å². The molecule has 1 amide bonds. The molecular weight excluding hydrogens is 244 g/mol. The number of nitrogen functional groups attached to an aromatic ring is 1. The van der Waals surface area contributed by atoms with Crippen LogP contribution in [0.4, 0.5) is 5.69 Å². The van der Waals surface area contributed by atoms with E-state index in [-0.39, 0.29) is 24.8 Å². The van der Waals surface area contributed by atoms with Crippen molar-refractivity contribution in [3.8, 4) is 5.75 Å². The first-order chi connectivity index (χ1) is 8.99. The van der Waals surface area contributed by atoms with Gasteiger partial charge in [-0.3, -0.25) is 4.79 Å². The minimum Gasteiger partial charge on any atom is -0.493 e. The number of nitrogens with one attached hydrogen (secondary N) is 1. The van der Waals surface area contributed by atoms with E-state index in [4.69, 9.17) is 10.5 Å². The third kappa shape index (κ3) is 6.10. The van der Waals surface area contributed by atoms with E-state index < -0.39 is 6.10 Å². The number of rotatable bonds is 7. The molecule has 0 spiro atoms. The van der Waals surface area contributed by atoms with Gasteiger partial charge in [0, 0.05) is 12.2 Å². The van der Waals surface area contributed by atoms with Crippen molar-refractivity contribution in [3.63, 3.8) is 0 Å². The molecule has 4 N–H and O–H groups in total. The molecule has 0 radical (unpaired) electrons. The highest BCUT2D eigenvalue weighted by Gasteiger charge is 2.10. The number of aliphatic hydroxyl groups is 1. The van der Waals surface area contributed by atoms with Crippen molar-refractivity contribution in [1.82, 2.24) is 5.32 Å². The van der Waals surface area contributed by atoms with Crippen molar-refractivity contribution in [2.45, 2.75) is 26.4 Å². The second-order valence-corrected chi connectivity index (χ2v) is 4.78. The van der Waals surface area contributed by atoms with Gasteiger partial charge in [0.15, 0.2) is 0 Å². The lowest BCUT2D eigenvalue weighted by Gasteiger charge is -2.15. The maximum atomic E-state index is 11.5. The highest BCUT2D eigenvalue weighted by atomic mass is 16.5. The molecule has 1 rings (SSSR count). The molecule has 0 aliphatic rings. The second-order valence-electron chi connectivity index (χ2n) is 4.78. The molecule has 1 atom stereocenters. The van der Waals surface area contributed by atoms with Gasteiger partial charge in [0.1, 0.15) is 5.75 Å². The second kappa shape index (κ2) is 7.63. The topological polar surface area (TPSA) is 84.6 Å². The molecule has 5 nitrogen and oxygen atoms in total. The van der Waals surface area contributed by atoms with Crippen LogP contribution in [0.2, 0.25) is 0 Å². The number of ether oxygens (including phenoxy) is 1. The summed E-state index contributed by atoms with van der Waals surface area (Å²) in [5.41, 5.74) is 6.23. The van der Waals surface area contributed by atoms with Crippen molar-refractivity contribution >= 4 is 11.6 Å². The number of benzene rings is 1. The van der Waals surface area contributed by atoms with Crippen LogP contribution in [-0.2, 0) is 4.79 Å². The largest absolute Gasteiger partial charge is 0.493 e. The minimum atomic E-state index is -0.512. The summed E-state index contributed by atoms with van der Waals surface area (Å²) >= 11 is 0. The van der Waals surface area contributed by atoms with E-state index in [1.54, 1.807) is 24.3 Å². The predicted molar refractivity (Wildman–Crippen MR) is 74.8 cm³/mol. The summed E-state index contributed by atoms with van der Waals surface area (Å²) in [6, 6.07) is 7.01. The Balaban J connectivity index is 2.18. The number of aliphatic hydroxyl groups excluding tert-OH is 1. The van der Waals surface area contributed by atoms with Crippen LogP contribution in [0.5, 0.6) is 5.75 Å². The number of carbonyl (C=O) groups is 1. The fourth-order valence-corrected chi connectivity index (χ4v) is 1.37. The summed E-state index contributed by atoms with van der Waals surface area (Å²) in [4.78, 5) is 11.5. The molecule has 19 heavy (non-hydrogen) atoms. The first-order valence-corrected chi connectivity index (χ1v) is 6.42. The summed E-state index contributed by atoms with van der Waals surface area (Å²) in [7, 11) is 0. The monoisotopic (exact) mass is 266 g/mol. The van der Waals surface area contributed by atoms with Gasteiger partial charge in [0.25, 0.3) is 0 Å². The van der Waals surface area contributed by atoms with Crippen LogP contribution in [0.15, 0.2) is 24.3 Å². The van der Waals surface area contributed by atoms with Crippen LogP contribution >= 0.6 is 0 Å². The Morgan fingerprint density at radius 2 is 2.00 bits per heavy atom. The van der Waals surface area contributed by atoms with Crippen LogP contribution in [0.1, 0.15) is 20.3 Å². The van der Waals surface area contributed by atoms with E-state index >= 15 is 0 Å². The smallest absolute Gasteiger partial charge is 0.223 e. The molecule has 0 saturated carbocycles. The maximum Gasteiger partial charge on any atom is 0.223 e. The van der Waals surface area contributed by atoms with Crippen LogP contribution in [0.3, 0.4) is 0 Å². The lowest BCUT2D eigenvalue weighted by atomic mass is 10.1. The SMILES string of the molecule is CC(C)C(O)CNC(=O)CCOc1ccc(N)cc1. The fraction of sp³-hybridized carbons (Fsp3) is 0.500. The van der Waals surface area contributed by atoms with Gasteiger partial charge in [0.2, 0.25) is 5.91 Å². The standard InChI is InChI=1S/C14H22N2O3/c1-10(2)13(17)9-16-14(18)7-8-19-12-5-3-11(15)4-6-12/h3-6,10,13,17H,7-9,15H2,1-2H3,(H,16,18). The molecule has 0 aromatic heterocycles. The highest BCUT2D eigenvalue weighted by molar-refractivity contribution is 5.76. The average Bonchev–Trinajstić information content (AvgIpc) is 2.38. The van der Waals surface area contributed by atoms with Gasteiger partial charge in [-0.1, -0.05) is 13.8 Å². The van der Waals surface area contributed by atoms with E-state index in [1.807, 2.05) is 13.8 Å². The molecular formula is C14H22N2O3. The summed E-state index contributed by atoms with van der Waals surface area (Å²) in [6.45, 7) is 4.38. The zero-order valence-electron chi connectivity index (χ0n) is 11.4. The quantitative estimate of drug-likeness (QED) is 0.647. The van der Waals surface area contributed by atoms with Crippen molar-refractivity contribution < 1.29 is 14.6 Å². The van der Waals surface area contributed by atoms with Gasteiger partial charge in [-0.25, -0.2) is 0 Å². The fourth-order valence-electron chi connectivity index (χ4n) is 1.37. The molecule has 0 heterocycles. The van der Waals surface area contributed by atoms with Gasteiger partial charge >= 0.3 is 0 Å². The van der Waals surface area contributed by atoms with Crippen LogP contribution in [0.25, 0.3) is 0 Å². The molecule has 106 valence electrons. The first-order valence-electron chi connectivity index (χ1n) is 6.42. The summed E-state index contributed by atoms with van der Waals surface area (Å²) in [6.07, 6.45) is -0.253. The van der Waals surface area contributed by atoms with Crippen molar-refractivity contribution in [2.24, 2.45) is 5.92 Å². The third-order valence-corrected chi connectivity index (χ3v) is 2.76. The van der Waals surface area contributed by atoms with Crippen molar-refractivity contribution in [3.05, 3.63) is 24.3 Å². The van der Waals surface area contributed by atoms with Crippen molar-refractivity contribution in [1.29, 1.82) is 0 Å². The van der Waals surface area contributed by atoms with Crippen LogP contribution in [-0.4, -0.2) is 30.3 Å². The Labute approximate surface area is 113 Å². The van der Waals surface area contributed by atoms with Gasteiger partial charge in [-0.15, -0.1) is 0 Å². The summed E-state index contributed by atoms with van der Waals surface area (Å²) < 4.78 is 5.41. The molecule has 0 fully saturated rings. The number of carbonyl (C=O) groups excluding carboxylic acids is 1. The molecule has 0 aliphatic carbocycles. The predicted octanol–water partition coefficient (Wildman–Crippen LogP) is 1.17. The Bertz CT molecular complexity index is 390. The molecule has 1 aromatic carbocycles. The molecule has 0 saturated heterocycles. The number of hydrogen-bond donors (Lipinski definition) is 3. The Hall–Kier alpha value is -1.75. The lowest BCUT2D eigenvalue weighted by Crippen LogP contribution is -2.35. The van der Waals surface area contributed by atoms with Gasteiger partial charge in [-0.2, -0.15) is 0 Å². The molecule has 5 heteroatoms. The molecule has 1 aromatic rings. The van der Waals surface area contributed by atoms with Gasteiger partial charge in [-0.05, 0) is 30.2 Å². The van der Waals surface area contributed by atoms with E-state index in [0.29, 0.717) is 18.0 Å². The Kier molecular flexibility index (Phi) is 6.15. The number of anilines is 1. The first kappa shape index (κ1) is 15.3. The summed E-state index contributed by atoms with van der Waals surface area (Å²) in [5, 5.41) is 12.2. The van der Waals surface area contributed by atoms with Crippen LogP contribution in [0, 0.1) is 5.92 Å². The Morgan fingerprint density at radius 3 is 2.58 bits per heavy atom. The molecule has 0 bridgehead atoms. The minimum absolute atomic E-state index is 0.129. The van der Waals surface area contributed by atoms with Gasteiger partial charge < -0.3 is 20.9 Å². The third-order valence-electron chi connectivity index (χ3n) is 2.76. The number of amides is 1. The molecule has 1 unspecified atom stereocenters. The summed E-state index contributed by atoms with van der Waals surface area (Å²) in [5.74, 6) is 0.686. The van der Waals surface area contributed by atoms with Crippen molar-refractivity contribution in [2.75, 3.05) is 18.9 Å². The van der Waals surface area contributed by atoms with E-state index in [9.17, 15) is 9.90 Å². The van der Waals surface area contributed by atoms with Gasteiger partial charge in [0.05, 0.1) is 19.1 Å².